The average molecular weight is 1050 g/mol. The Bertz CT molecular complexity index is 3700. The number of fused-ring (bicyclic) bond motifs is 7. The van der Waals surface area contributed by atoms with E-state index in [1.54, 1.807) is 0 Å². The van der Waals surface area contributed by atoms with Crippen molar-refractivity contribution in [2.45, 2.75) is 118 Å². The Balaban J connectivity index is 1.09. The van der Waals surface area contributed by atoms with Crippen LogP contribution >= 0.6 is 0 Å². The van der Waals surface area contributed by atoms with Crippen molar-refractivity contribution in [2.75, 3.05) is 14.7 Å². The zero-order chi connectivity index (χ0) is 55.1. The molecule has 0 amide bonds. The van der Waals surface area contributed by atoms with Crippen molar-refractivity contribution in [1.29, 1.82) is 0 Å². The first kappa shape index (κ1) is 51.1. The Morgan fingerprint density at radius 2 is 0.848 bits per heavy atom. The quantitative estimate of drug-likeness (QED) is 0.116. The van der Waals surface area contributed by atoms with Crippen molar-refractivity contribution in [3.8, 4) is 0 Å². The molecule has 9 aromatic carbocycles. The zero-order valence-electron chi connectivity index (χ0n) is 48.6. The first-order valence-electron chi connectivity index (χ1n) is 29.0. The number of rotatable bonds is 7. The summed E-state index contributed by atoms with van der Waals surface area (Å²) in [6, 6.07) is 84.6. The van der Waals surface area contributed by atoms with Gasteiger partial charge in [-0.05, 0) is 156 Å². The predicted molar refractivity (Wildman–Crippen MR) is 343 cm³/mol. The van der Waals surface area contributed by atoms with E-state index in [4.69, 9.17) is 0 Å². The summed E-state index contributed by atoms with van der Waals surface area (Å²) in [5, 5.41) is 5.64. The number of benzene rings is 9. The third-order valence-corrected chi connectivity index (χ3v) is 24.8. The van der Waals surface area contributed by atoms with Crippen LogP contribution in [0.4, 0.5) is 45.5 Å². The molecule has 3 heterocycles. The first-order valence-corrected chi connectivity index (χ1v) is 31.0. The van der Waals surface area contributed by atoms with Gasteiger partial charge in [-0.3, -0.25) is 0 Å². The monoisotopic (exact) mass is 1050 g/mol. The van der Waals surface area contributed by atoms with Crippen molar-refractivity contribution in [3.05, 3.63) is 235 Å². The Hall–Kier alpha value is -7.34. The highest BCUT2D eigenvalue weighted by Crippen LogP contribution is 2.68. The van der Waals surface area contributed by atoms with Gasteiger partial charge in [0, 0.05) is 50.9 Å². The Labute approximate surface area is 473 Å². The van der Waals surface area contributed by atoms with Crippen LogP contribution in [0.5, 0.6) is 0 Å². The lowest BCUT2D eigenvalue weighted by Gasteiger charge is -2.61. The molecule has 1 saturated carbocycles. The van der Waals surface area contributed by atoms with Crippen LogP contribution in [0.3, 0.4) is 0 Å². The van der Waals surface area contributed by atoms with Gasteiger partial charge < -0.3 is 14.7 Å². The van der Waals surface area contributed by atoms with Crippen LogP contribution in [0.2, 0.25) is 0 Å². The second-order valence-electron chi connectivity index (χ2n) is 27.4. The highest BCUT2D eigenvalue weighted by atomic mass is 28.3. The van der Waals surface area contributed by atoms with Crippen LogP contribution in [0, 0.1) is 10.8 Å². The lowest BCUT2D eigenvalue weighted by atomic mass is 9.33. The highest BCUT2D eigenvalue weighted by Gasteiger charge is 2.65. The van der Waals surface area contributed by atoms with E-state index in [2.05, 4.69) is 316 Å². The average Bonchev–Trinajstić information content (AvgIpc) is 2.43. The topological polar surface area (TPSA) is 9.72 Å². The van der Waals surface area contributed by atoms with Crippen molar-refractivity contribution >= 4 is 97.4 Å². The van der Waals surface area contributed by atoms with Crippen molar-refractivity contribution < 1.29 is 0 Å². The molecule has 3 aliphatic heterocycles. The zero-order valence-corrected chi connectivity index (χ0v) is 49.6. The van der Waals surface area contributed by atoms with Crippen LogP contribution in [-0.4, -0.2) is 20.3 Å². The van der Waals surface area contributed by atoms with Gasteiger partial charge >= 0.3 is 0 Å². The molecule has 5 heteroatoms. The Morgan fingerprint density at radius 1 is 0.380 bits per heavy atom. The predicted octanol–water partition coefficient (Wildman–Crippen LogP) is 14.8. The molecule has 0 spiro atoms. The normalized spacial score (nSPS) is 19.7. The molecule has 2 atom stereocenters. The largest absolute Gasteiger partial charge is 0.334 e. The second-order valence-corrected chi connectivity index (χ2v) is 31.2. The van der Waals surface area contributed by atoms with Gasteiger partial charge in [-0.1, -0.05) is 234 Å². The smallest absolute Gasteiger partial charge is 0.252 e. The first-order chi connectivity index (χ1) is 37.7. The summed E-state index contributed by atoms with van der Waals surface area (Å²) in [5.74, 6) is 0. The molecule has 0 saturated heterocycles. The molecule has 1 aliphatic carbocycles. The van der Waals surface area contributed by atoms with E-state index in [0.717, 1.165) is 12.8 Å². The van der Waals surface area contributed by atoms with Crippen LogP contribution in [0.15, 0.2) is 218 Å². The minimum absolute atomic E-state index is 0.0139. The van der Waals surface area contributed by atoms with Gasteiger partial charge in [0.25, 0.3) is 6.71 Å². The number of nitrogens with zero attached hydrogens (tertiary/aromatic N) is 3. The number of hydrogen-bond acceptors (Lipinski definition) is 3. The maximum absolute atomic E-state index is 2.85. The lowest BCUT2D eigenvalue weighted by Crippen LogP contribution is -2.74. The fourth-order valence-corrected chi connectivity index (χ4v) is 20.0. The molecule has 1 fully saturated rings. The fourth-order valence-electron chi connectivity index (χ4n) is 15.2. The Morgan fingerprint density at radius 3 is 1.41 bits per heavy atom. The summed E-state index contributed by atoms with van der Waals surface area (Å²) in [5.41, 5.74) is 17.6. The molecule has 0 bridgehead atoms. The summed E-state index contributed by atoms with van der Waals surface area (Å²) in [7, 11) is -2.85. The summed E-state index contributed by atoms with van der Waals surface area (Å²) in [6.45, 7) is 29.5. The summed E-state index contributed by atoms with van der Waals surface area (Å²) >= 11 is 0. The van der Waals surface area contributed by atoms with Crippen molar-refractivity contribution in [1.82, 2.24) is 0 Å². The molecule has 394 valence electrons. The van der Waals surface area contributed by atoms with Crippen LogP contribution in [-0.2, 0) is 16.2 Å². The minimum Gasteiger partial charge on any atom is -0.334 e. The van der Waals surface area contributed by atoms with Crippen molar-refractivity contribution in [2.24, 2.45) is 10.8 Å². The minimum atomic E-state index is -2.85. The van der Waals surface area contributed by atoms with E-state index < -0.39 is 8.07 Å². The SMILES string of the molecule is CC(C)(C)c1ccc(N2c3cc(N4c5ccc([Si](c6ccccc6)(c6ccccc6)c6ccccc6)cc5C5(C)CC(C)(C)C(C)(C)CC45C)ccc3B3c4ccccc4N(c4ccccc4)c4cc(C(C)(C)C)cc2c43)cc1. The molecule has 2 unspecified atom stereocenters. The highest BCUT2D eigenvalue weighted by molar-refractivity contribution is 7.20. The van der Waals surface area contributed by atoms with Gasteiger partial charge in [-0.25, -0.2) is 0 Å². The van der Waals surface area contributed by atoms with E-state index in [1.165, 1.54) is 99.3 Å². The maximum atomic E-state index is 2.83. The molecule has 3 nitrogen and oxygen atoms in total. The van der Waals surface area contributed by atoms with Crippen LogP contribution < -0.4 is 51.8 Å². The molecule has 4 aliphatic rings. The maximum Gasteiger partial charge on any atom is 0.252 e. The Kier molecular flexibility index (Phi) is 11.5. The molecular formula is C74H76BN3Si. The van der Waals surface area contributed by atoms with E-state index in [0.29, 0.717) is 0 Å². The van der Waals surface area contributed by atoms with E-state index in [9.17, 15) is 0 Å². The lowest BCUT2D eigenvalue weighted by molar-refractivity contribution is -0.0311. The molecule has 0 radical (unpaired) electrons. The van der Waals surface area contributed by atoms with Crippen molar-refractivity contribution in [3.63, 3.8) is 0 Å². The van der Waals surface area contributed by atoms with Gasteiger partial charge in [0.05, 0.1) is 5.54 Å². The summed E-state index contributed by atoms with van der Waals surface area (Å²) in [6.07, 6.45) is 2.10. The molecule has 0 N–H and O–H groups in total. The molecule has 0 aromatic heterocycles. The fraction of sp³-hybridized carbons (Fsp3) is 0.270. The molecule has 79 heavy (non-hydrogen) atoms. The van der Waals surface area contributed by atoms with Gasteiger partial charge in [0.2, 0.25) is 0 Å². The second kappa shape index (κ2) is 17.8. The van der Waals surface area contributed by atoms with Crippen LogP contribution in [0.1, 0.15) is 113 Å². The number of para-hydroxylation sites is 2. The van der Waals surface area contributed by atoms with Gasteiger partial charge in [-0.15, -0.1) is 0 Å². The molecular weight excluding hydrogens is 970 g/mol. The summed E-state index contributed by atoms with van der Waals surface area (Å²) in [4.78, 5) is 8.01. The van der Waals surface area contributed by atoms with Gasteiger partial charge in [0.1, 0.15) is 0 Å². The van der Waals surface area contributed by atoms with Crippen LogP contribution in [0.25, 0.3) is 0 Å². The standard InChI is InChI=1S/C74H76BN3Si/c1-69(2,3)51-37-39-54(40-38-51)77-65-47-55(41-43-62(65)75-61-35-25-26-36-64(61)76(53-27-17-13-18-28-53)66-45-52(70(4,5)6)46-67(77)68(66)75)78-63-44-42-59(48-60(63)73(11)49-71(7,8)72(9,10)50-74(73,78)12)79(56-29-19-14-20-30-56,57-31-21-15-22-32-57)58-33-23-16-24-34-58/h13-48H,49-50H2,1-12H3. The van der Waals surface area contributed by atoms with E-state index in [-0.39, 0.29) is 39.3 Å². The number of hydrogen-bond donors (Lipinski definition) is 0. The van der Waals surface area contributed by atoms with E-state index in [1.807, 2.05) is 0 Å². The summed E-state index contributed by atoms with van der Waals surface area (Å²) < 4.78 is 0. The van der Waals surface area contributed by atoms with Gasteiger partial charge in [0.15, 0.2) is 8.07 Å². The third-order valence-electron chi connectivity index (χ3n) is 20.1. The van der Waals surface area contributed by atoms with Gasteiger partial charge in [-0.2, -0.15) is 0 Å². The third kappa shape index (κ3) is 7.58. The molecule has 13 rings (SSSR count). The molecule has 9 aromatic rings. The number of anilines is 8. The van der Waals surface area contributed by atoms with E-state index >= 15 is 0 Å².